The minimum absolute atomic E-state index is 0.128. The summed E-state index contributed by atoms with van der Waals surface area (Å²) in [5.41, 5.74) is 7.52. The molecule has 2 unspecified atom stereocenters. The molecule has 2 aliphatic heterocycles. The molecule has 2 aliphatic rings. The summed E-state index contributed by atoms with van der Waals surface area (Å²) in [5.74, 6) is 0.617. The van der Waals surface area contributed by atoms with Gasteiger partial charge in [-0.3, -0.25) is 14.8 Å². The van der Waals surface area contributed by atoms with Gasteiger partial charge in [0.1, 0.15) is 0 Å². The Bertz CT molecular complexity index is 746. The van der Waals surface area contributed by atoms with Gasteiger partial charge in [0.05, 0.1) is 11.1 Å². The SMILES string of the molecule is CC1(c2cccc(NC(=O)C3=CCC(F)N=C3)c2)CCSC(N)=N1. The van der Waals surface area contributed by atoms with E-state index in [1.807, 2.05) is 31.2 Å². The average molecular weight is 346 g/mol. The molecule has 0 fully saturated rings. The Morgan fingerprint density at radius 3 is 3.04 bits per heavy atom. The van der Waals surface area contributed by atoms with Crippen molar-refractivity contribution in [3.63, 3.8) is 0 Å². The second-order valence-corrected chi connectivity index (χ2v) is 7.08. The fourth-order valence-electron chi connectivity index (χ4n) is 2.68. The van der Waals surface area contributed by atoms with Gasteiger partial charge in [0.2, 0.25) is 0 Å². The van der Waals surface area contributed by atoms with Gasteiger partial charge in [0, 0.05) is 24.1 Å². The summed E-state index contributed by atoms with van der Waals surface area (Å²) < 4.78 is 13.0. The zero-order chi connectivity index (χ0) is 17.2. The van der Waals surface area contributed by atoms with Crippen LogP contribution in [0.3, 0.4) is 0 Å². The number of hydrogen-bond acceptors (Lipinski definition) is 5. The maximum atomic E-state index is 13.0. The van der Waals surface area contributed by atoms with Crippen LogP contribution in [-0.2, 0) is 10.3 Å². The van der Waals surface area contributed by atoms with Crippen LogP contribution in [0, 0.1) is 0 Å². The number of amidine groups is 1. The molecule has 1 amide bonds. The quantitative estimate of drug-likeness (QED) is 0.826. The van der Waals surface area contributed by atoms with E-state index in [1.54, 1.807) is 17.8 Å². The normalized spacial score (nSPS) is 26.5. The minimum Gasteiger partial charge on any atom is -0.379 e. The Balaban J connectivity index is 1.78. The third kappa shape index (κ3) is 3.67. The van der Waals surface area contributed by atoms with E-state index in [9.17, 15) is 9.18 Å². The number of benzene rings is 1. The molecular weight excluding hydrogens is 327 g/mol. The predicted molar refractivity (Wildman–Crippen MR) is 97.2 cm³/mol. The van der Waals surface area contributed by atoms with Crippen molar-refractivity contribution in [3.05, 3.63) is 41.5 Å². The first-order valence-corrected chi connectivity index (χ1v) is 8.72. The van der Waals surface area contributed by atoms with E-state index < -0.39 is 6.30 Å². The molecule has 1 aromatic carbocycles. The summed E-state index contributed by atoms with van der Waals surface area (Å²) in [6.45, 7) is 2.04. The Morgan fingerprint density at radius 1 is 1.50 bits per heavy atom. The van der Waals surface area contributed by atoms with E-state index in [4.69, 9.17) is 5.73 Å². The molecular formula is C17H19FN4OS. The second kappa shape index (κ2) is 6.76. The fourth-order valence-corrected chi connectivity index (χ4v) is 3.65. The van der Waals surface area contributed by atoms with Gasteiger partial charge in [-0.1, -0.05) is 30.0 Å². The van der Waals surface area contributed by atoms with Crippen molar-refractivity contribution >= 4 is 34.7 Å². The summed E-state index contributed by atoms with van der Waals surface area (Å²) in [7, 11) is 0. The topological polar surface area (TPSA) is 79.8 Å². The number of carbonyl (C=O) groups is 1. The van der Waals surface area contributed by atoms with Gasteiger partial charge in [0.15, 0.2) is 11.5 Å². The van der Waals surface area contributed by atoms with Crippen molar-refractivity contribution in [1.29, 1.82) is 0 Å². The van der Waals surface area contributed by atoms with Crippen LogP contribution in [0.15, 0.2) is 45.9 Å². The standard InChI is InChI=1S/C17H19FN4OS/c1-17(7-8-24-16(19)22-17)12-3-2-4-13(9-12)21-15(23)11-5-6-14(18)20-10-11/h2-5,9-10,14H,6-8H2,1H3,(H2,19,22)(H,21,23). The predicted octanol–water partition coefficient (Wildman–Crippen LogP) is 2.99. The molecule has 0 saturated heterocycles. The summed E-state index contributed by atoms with van der Waals surface area (Å²) in [6.07, 6.45) is 2.59. The van der Waals surface area contributed by atoms with Crippen LogP contribution in [-0.4, -0.2) is 29.3 Å². The number of carbonyl (C=O) groups excluding carboxylic acids is 1. The summed E-state index contributed by atoms with van der Waals surface area (Å²) in [6, 6.07) is 7.58. The van der Waals surface area contributed by atoms with E-state index in [0.717, 1.165) is 17.7 Å². The van der Waals surface area contributed by atoms with Crippen LogP contribution in [0.25, 0.3) is 0 Å². The first-order chi connectivity index (χ1) is 11.5. The number of nitrogens with one attached hydrogen (secondary N) is 1. The van der Waals surface area contributed by atoms with Crippen LogP contribution in [0.4, 0.5) is 10.1 Å². The van der Waals surface area contributed by atoms with E-state index in [-0.39, 0.29) is 17.9 Å². The lowest BCUT2D eigenvalue weighted by molar-refractivity contribution is -0.112. The molecule has 126 valence electrons. The molecule has 2 atom stereocenters. The molecule has 3 rings (SSSR count). The molecule has 1 aromatic rings. The zero-order valence-electron chi connectivity index (χ0n) is 13.3. The first kappa shape index (κ1) is 16.7. The third-order valence-electron chi connectivity index (χ3n) is 4.11. The Morgan fingerprint density at radius 2 is 2.33 bits per heavy atom. The fraction of sp³-hybridized carbons (Fsp3) is 0.353. The molecule has 24 heavy (non-hydrogen) atoms. The number of thioether (sulfide) groups is 1. The van der Waals surface area contributed by atoms with Crippen molar-refractivity contribution < 1.29 is 9.18 Å². The van der Waals surface area contributed by atoms with Crippen molar-refractivity contribution in [3.8, 4) is 0 Å². The first-order valence-electron chi connectivity index (χ1n) is 7.74. The molecule has 0 bridgehead atoms. The summed E-state index contributed by atoms with van der Waals surface area (Å²) >= 11 is 1.55. The number of aliphatic imine (C=N–C) groups is 2. The molecule has 5 nitrogen and oxygen atoms in total. The van der Waals surface area contributed by atoms with Gasteiger partial charge in [-0.05, 0) is 31.0 Å². The molecule has 7 heteroatoms. The maximum absolute atomic E-state index is 13.0. The number of rotatable bonds is 3. The summed E-state index contributed by atoms with van der Waals surface area (Å²) in [4.78, 5) is 20.5. The molecule has 0 saturated carbocycles. The number of nitrogens with two attached hydrogens (primary N) is 1. The lowest BCUT2D eigenvalue weighted by Gasteiger charge is -2.30. The zero-order valence-corrected chi connectivity index (χ0v) is 14.1. The number of dihydropyridines is 1. The van der Waals surface area contributed by atoms with Crippen LogP contribution < -0.4 is 11.1 Å². The van der Waals surface area contributed by atoms with Gasteiger partial charge in [-0.2, -0.15) is 0 Å². The highest BCUT2D eigenvalue weighted by Crippen LogP contribution is 2.35. The van der Waals surface area contributed by atoms with Gasteiger partial charge in [-0.25, -0.2) is 4.39 Å². The lowest BCUT2D eigenvalue weighted by atomic mass is 9.89. The Hall–Kier alpha value is -2.15. The lowest BCUT2D eigenvalue weighted by Crippen LogP contribution is -2.28. The number of amides is 1. The van der Waals surface area contributed by atoms with Crippen LogP contribution in [0.2, 0.25) is 0 Å². The number of alkyl halides is 1. The molecule has 0 spiro atoms. The van der Waals surface area contributed by atoms with Crippen LogP contribution in [0.5, 0.6) is 0 Å². The van der Waals surface area contributed by atoms with Gasteiger partial charge in [0.25, 0.3) is 5.91 Å². The third-order valence-corrected chi connectivity index (χ3v) is 4.90. The largest absolute Gasteiger partial charge is 0.379 e. The summed E-state index contributed by atoms with van der Waals surface area (Å²) in [5, 5.41) is 3.41. The number of nitrogens with zero attached hydrogens (tertiary/aromatic N) is 2. The molecule has 2 heterocycles. The molecule has 0 aliphatic carbocycles. The molecule has 0 radical (unpaired) electrons. The van der Waals surface area contributed by atoms with Gasteiger partial charge in [-0.15, -0.1) is 0 Å². The number of anilines is 1. The minimum atomic E-state index is -1.25. The van der Waals surface area contributed by atoms with E-state index in [0.29, 0.717) is 16.4 Å². The second-order valence-electron chi connectivity index (χ2n) is 5.97. The molecule has 3 N–H and O–H groups in total. The van der Waals surface area contributed by atoms with Gasteiger partial charge < -0.3 is 11.1 Å². The highest BCUT2D eigenvalue weighted by atomic mass is 32.2. The highest BCUT2D eigenvalue weighted by Gasteiger charge is 2.29. The highest BCUT2D eigenvalue weighted by molar-refractivity contribution is 8.13. The van der Waals surface area contributed by atoms with Gasteiger partial charge >= 0.3 is 0 Å². The van der Waals surface area contributed by atoms with Crippen LogP contribution >= 0.6 is 11.8 Å². The van der Waals surface area contributed by atoms with Crippen molar-refractivity contribution in [2.45, 2.75) is 31.6 Å². The van der Waals surface area contributed by atoms with Crippen molar-refractivity contribution in [2.24, 2.45) is 15.7 Å². The van der Waals surface area contributed by atoms with Crippen molar-refractivity contribution in [2.75, 3.05) is 11.1 Å². The monoisotopic (exact) mass is 346 g/mol. The number of halogens is 1. The van der Waals surface area contributed by atoms with Crippen LogP contribution in [0.1, 0.15) is 25.3 Å². The number of hydrogen-bond donors (Lipinski definition) is 2. The smallest absolute Gasteiger partial charge is 0.256 e. The van der Waals surface area contributed by atoms with E-state index >= 15 is 0 Å². The Labute approximate surface area is 144 Å². The van der Waals surface area contributed by atoms with E-state index in [1.165, 1.54) is 6.21 Å². The Kier molecular flexibility index (Phi) is 4.71. The maximum Gasteiger partial charge on any atom is 0.256 e. The van der Waals surface area contributed by atoms with E-state index in [2.05, 4.69) is 15.3 Å². The molecule has 0 aromatic heterocycles. The van der Waals surface area contributed by atoms with Crippen molar-refractivity contribution in [1.82, 2.24) is 0 Å². The average Bonchev–Trinajstić information content (AvgIpc) is 2.55.